The van der Waals surface area contributed by atoms with Crippen LogP contribution in [0.25, 0.3) is 0 Å². The van der Waals surface area contributed by atoms with Crippen molar-refractivity contribution in [2.45, 2.75) is 39.5 Å². The summed E-state index contributed by atoms with van der Waals surface area (Å²) in [6.07, 6.45) is 3.80. The van der Waals surface area contributed by atoms with Gasteiger partial charge in [0.2, 0.25) is 0 Å². The number of ether oxygens (including phenoxy) is 1. The fourth-order valence-electron chi connectivity index (χ4n) is 2.60. The number of esters is 1. The van der Waals surface area contributed by atoms with Gasteiger partial charge in [0.1, 0.15) is 28.4 Å². The third-order valence-corrected chi connectivity index (χ3v) is 5.54. The van der Waals surface area contributed by atoms with Crippen LogP contribution < -0.4 is 11.9 Å². The molecule has 16 nitrogen and oxygen atoms in total. The van der Waals surface area contributed by atoms with Crippen molar-refractivity contribution in [3.8, 4) is 17.2 Å². The summed E-state index contributed by atoms with van der Waals surface area (Å²) in [6, 6.07) is 12.3. The molecule has 1 amide bonds. The number of aromatic carboxylic acids is 1. The van der Waals surface area contributed by atoms with E-state index >= 15 is 0 Å². The lowest BCUT2D eigenvalue weighted by Crippen LogP contribution is -2.10. The van der Waals surface area contributed by atoms with Crippen LogP contribution in [0.15, 0.2) is 54.6 Å². The highest BCUT2D eigenvalue weighted by Gasteiger charge is 2.13. The molecular formula is C30H43Cl3N2O14S. The number of halogens is 3. The summed E-state index contributed by atoms with van der Waals surface area (Å²) < 4.78 is 36.5. The van der Waals surface area contributed by atoms with Gasteiger partial charge < -0.3 is 47.3 Å². The highest BCUT2D eigenvalue weighted by molar-refractivity contribution is 7.79. The summed E-state index contributed by atoms with van der Waals surface area (Å²) in [5, 5.41) is 52.0. The van der Waals surface area contributed by atoms with Crippen LogP contribution in [-0.2, 0) is 15.1 Å². The standard InChI is InChI=1S/C11H13ClO3.C7H6ClNO2.C7H5ClO3.C4H10O.CH4O.H3N.H2O4S/c1-2-3-6-15-11(14)9-7-8(12)4-5-10(9)13;8-4-1-2-6(10)5(3-4)7(9)11;8-4-1-2-6(9)5(3-4)7(10)11;1-2-3-4-5;1-2;;1-5(2,3)4/h4-5,7,13H,2-3,6H2,1H3;1-3,10H,(H2,9,11);1-3,9H,(H,10,11);5H,2-4H2,1H3;2H,1H3;1H3;(H2,1,2,3,4). The number of benzene rings is 3. The van der Waals surface area contributed by atoms with Gasteiger partial charge in [-0.2, -0.15) is 8.42 Å². The molecule has 284 valence electrons. The number of hydrogen-bond donors (Lipinski definition) is 10. The Morgan fingerprint density at radius 1 is 0.720 bits per heavy atom. The summed E-state index contributed by atoms with van der Waals surface area (Å²) in [7, 11) is -3.67. The van der Waals surface area contributed by atoms with E-state index in [-0.39, 0.29) is 40.1 Å². The average Bonchev–Trinajstić information content (AvgIpc) is 3.02. The zero-order valence-electron chi connectivity index (χ0n) is 27.3. The molecule has 0 spiro atoms. The van der Waals surface area contributed by atoms with Crippen LogP contribution in [0.1, 0.15) is 70.6 Å². The summed E-state index contributed by atoms with van der Waals surface area (Å²) in [5.41, 5.74) is 4.89. The van der Waals surface area contributed by atoms with E-state index in [1.54, 1.807) is 0 Å². The van der Waals surface area contributed by atoms with Crippen LogP contribution in [0, 0.1) is 0 Å². The van der Waals surface area contributed by atoms with Crippen molar-refractivity contribution in [3.05, 3.63) is 86.4 Å². The minimum Gasteiger partial charge on any atom is -0.507 e. The number of phenolic OH excluding ortho intramolecular Hbond substituents is 1. The molecule has 0 aliphatic rings. The fraction of sp³-hybridized carbons (Fsp3) is 0.300. The quantitative estimate of drug-likeness (QED) is 0.0733. The van der Waals surface area contributed by atoms with Gasteiger partial charge >= 0.3 is 22.3 Å². The maximum Gasteiger partial charge on any atom is 0.394 e. The van der Waals surface area contributed by atoms with Gasteiger partial charge in [-0.3, -0.25) is 13.9 Å². The third-order valence-electron chi connectivity index (χ3n) is 4.83. The zero-order chi connectivity index (χ0) is 38.7. The largest absolute Gasteiger partial charge is 0.507 e. The molecule has 3 rings (SSSR count). The van der Waals surface area contributed by atoms with Crippen LogP contribution >= 0.6 is 34.8 Å². The first-order chi connectivity index (χ1) is 22.8. The molecule has 0 fully saturated rings. The Balaban J connectivity index is -0.000000274. The SMILES string of the molecule is CCCCO.CCCCOC(=O)c1cc(Cl)ccc1O.CO.N.NC(=O)c1cc(Cl)ccc1O.O=C(O)c1cc(Cl)ccc1O.O=S(=O)(O)O. The molecule has 20 heteroatoms. The summed E-state index contributed by atoms with van der Waals surface area (Å²) >= 11 is 16.7. The topological polar surface area (TPSA) is 317 Å². The summed E-state index contributed by atoms with van der Waals surface area (Å²) in [5.74, 6) is -2.96. The maximum absolute atomic E-state index is 11.5. The van der Waals surface area contributed by atoms with E-state index in [9.17, 15) is 19.5 Å². The van der Waals surface area contributed by atoms with E-state index in [4.69, 9.17) is 88.3 Å². The molecule has 3 aromatic rings. The zero-order valence-corrected chi connectivity index (χ0v) is 30.4. The molecule has 0 heterocycles. The lowest BCUT2D eigenvalue weighted by Gasteiger charge is -2.05. The Hall–Kier alpha value is -3.91. The van der Waals surface area contributed by atoms with Crippen molar-refractivity contribution < 1.29 is 67.3 Å². The van der Waals surface area contributed by atoms with Gasteiger partial charge in [0.05, 0.1) is 12.2 Å². The van der Waals surface area contributed by atoms with Crippen molar-refractivity contribution in [2.24, 2.45) is 5.73 Å². The number of phenols is 3. The second kappa shape index (κ2) is 30.0. The van der Waals surface area contributed by atoms with Gasteiger partial charge in [0, 0.05) is 28.8 Å². The molecule has 3 aromatic carbocycles. The fourth-order valence-corrected chi connectivity index (χ4v) is 3.12. The maximum atomic E-state index is 11.5. The first-order valence-electron chi connectivity index (χ1n) is 13.7. The van der Waals surface area contributed by atoms with E-state index in [0.29, 0.717) is 28.3 Å². The number of carboxylic acids is 1. The number of amides is 1. The predicted octanol–water partition coefficient (Wildman–Crippen LogP) is 5.79. The molecule has 0 saturated carbocycles. The van der Waals surface area contributed by atoms with Crippen LogP contribution in [0.5, 0.6) is 17.2 Å². The lowest BCUT2D eigenvalue weighted by molar-refractivity contribution is 0.0495. The van der Waals surface area contributed by atoms with Gasteiger partial charge in [-0.05, 0) is 67.4 Å². The van der Waals surface area contributed by atoms with E-state index in [0.717, 1.165) is 32.8 Å². The number of carbonyl (C=O) groups is 3. The number of primary amides is 1. The second-order valence-corrected chi connectivity index (χ2v) is 10.9. The number of hydrogen-bond acceptors (Lipinski definition) is 12. The number of carboxylic acid groups (broad SMARTS) is 1. The molecule has 13 N–H and O–H groups in total. The molecule has 0 radical (unpaired) electrons. The number of unbranched alkanes of at least 4 members (excludes halogenated alkanes) is 2. The molecule has 50 heavy (non-hydrogen) atoms. The van der Waals surface area contributed by atoms with E-state index in [1.807, 2.05) is 6.92 Å². The molecule has 0 bridgehead atoms. The first-order valence-corrected chi connectivity index (χ1v) is 16.2. The van der Waals surface area contributed by atoms with Crippen LogP contribution in [0.3, 0.4) is 0 Å². The van der Waals surface area contributed by atoms with Crippen LogP contribution in [0.2, 0.25) is 15.1 Å². The number of aromatic hydroxyl groups is 3. The molecule has 0 unspecified atom stereocenters. The van der Waals surface area contributed by atoms with Crippen molar-refractivity contribution in [3.63, 3.8) is 0 Å². The molecule has 0 atom stereocenters. The predicted molar refractivity (Wildman–Crippen MR) is 189 cm³/mol. The van der Waals surface area contributed by atoms with Gasteiger partial charge in [0.25, 0.3) is 5.91 Å². The van der Waals surface area contributed by atoms with Crippen LogP contribution in [-0.4, -0.2) is 86.3 Å². The van der Waals surface area contributed by atoms with Crippen molar-refractivity contribution >= 4 is 63.0 Å². The molecule has 0 aliphatic carbocycles. The smallest absolute Gasteiger partial charge is 0.394 e. The number of carbonyl (C=O) groups excluding carboxylic acids is 2. The van der Waals surface area contributed by atoms with E-state index in [1.165, 1.54) is 54.6 Å². The number of aliphatic hydroxyl groups excluding tert-OH is 2. The molecular weight excluding hydrogens is 751 g/mol. The first kappa shape index (κ1) is 52.9. The van der Waals surface area contributed by atoms with Crippen LogP contribution in [0.4, 0.5) is 0 Å². The minimum absolute atomic E-state index is 0. The summed E-state index contributed by atoms with van der Waals surface area (Å²) in [4.78, 5) is 32.4. The highest BCUT2D eigenvalue weighted by atomic mass is 35.5. The Morgan fingerprint density at radius 3 is 1.34 bits per heavy atom. The Kier molecular flexibility index (Phi) is 31.7. The molecule has 0 aliphatic heterocycles. The third kappa shape index (κ3) is 28.0. The highest BCUT2D eigenvalue weighted by Crippen LogP contribution is 2.23. The van der Waals surface area contributed by atoms with Gasteiger partial charge in [0.15, 0.2) is 0 Å². The Bertz CT molecular complexity index is 1470. The second-order valence-electron chi connectivity index (χ2n) is 8.67. The van der Waals surface area contributed by atoms with Crippen molar-refractivity contribution in [2.75, 3.05) is 20.3 Å². The average molecular weight is 794 g/mol. The Labute approximate surface area is 304 Å². The van der Waals surface area contributed by atoms with Crippen molar-refractivity contribution in [1.29, 1.82) is 0 Å². The molecule has 0 aromatic heterocycles. The number of nitrogens with two attached hydrogens (primary N) is 1. The number of aliphatic hydroxyl groups is 2. The Morgan fingerprint density at radius 2 is 1.06 bits per heavy atom. The summed E-state index contributed by atoms with van der Waals surface area (Å²) in [6.45, 7) is 4.76. The number of rotatable bonds is 8. The van der Waals surface area contributed by atoms with E-state index in [2.05, 4.69) is 6.92 Å². The normalized spacial score (nSPS) is 9.32. The monoisotopic (exact) mass is 792 g/mol. The van der Waals surface area contributed by atoms with Gasteiger partial charge in [-0.1, -0.05) is 61.5 Å². The van der Waals surface area contributed by atoms with Gasteiger partial charge in [-0.15, -0.1) is 0 Å². The lowest BCUT2D eigenvalue weighted by atomic mass is 10.2. The van der Waals surface area contributed by atoms with Crippen molar-refractivity contribution in [1.82, 2.24) is 6.15 Å². The van der Waals surface area contributed by atoms with E-state index < -0.39 is 28.2 Å². The minimum atomic E-state index is -4.67. The molecule has 0 saturated heterocycles. The van der Waals surface area contributed by atoms with Gasteiger partial charge in [-0.25, -0.2) is 9.59 Å².